The number of furan rings is 1. The van der Waals surface area contributed by atoms with Crippen LogP contribution in [0.25, 0.3) is 33.5 Å². The fraction of sp³-hybridized carbons (Fsp3) is 0.143. The molecule has 0 aliphatic heterocycles. The molecule has 0 saturated carbocycles. The van der Waals surface area contributed by atoms with Crippen LogP contribution in [-0.2, 0) is 9.53 Å². The molecule has 0 amide bonds. The average Bonchev–Trinajstić information content (AvgIpc) is 3.30. The van der Waals surface area contributed by atoms with E-state index in [0.29, 0.717) is 48.1 Å². The Labute approximate surface area is 240 Å². The van der Waals surface area contributed by atoms with Gasteiger partial charge in [0, 0.05) is 21.0 Å². The average molecular weight is 629 g/mol. The molecule has 39 heavy (non-hydrogen) atoms. The summed E-state index contributed by atoms with van der Waals surface area (Å²) in [7, 11) is 0. The third-order valence-corrected chi connectivity index (χ3v) is 6.55. The molecule has 3 aromatic carbocycles. The van der Waals surface area contributed by atoms with Crippen LogP contribution in [0.1, 0.15) is 19.4 Å². The molecule has 11 heteroatoms. The maximum atomic E-state index is 13.6. The van der Waals surface area contributed by atoms with Crippen LogP contribution in [0.4, 0.5) is 0 Å². The topological polar surface area (TPSA) is 95.9 Å². The molecule has 5 aromatic rings. The van der Waals surface area contributed by atoms with Crippen molar-refractivity contribution in [1.82, 2.24) is 9.66 Å². The predicted molar refractivity (Wildman–Crippen MR) is 155 cm³/mol. The van der Waals surface area contributed by atoms with Crippen molar-refractivity contribution in [2.45, 2.75) is 20.0 Å². The zero-order chi connectivity index (χ0) is 27.7. The number of benzene rings is 3. The Balaban J connectivity index is 1.62. The smallest absolute Gasteiger partial charge is 0.344 e. The minimum Gasteiger partial charge on any atom is -0.480 e. The molecule has 198 valence electrons. The lowest BCUT2D eigenvalue weighted by Crippen LogP contribution is -2.20. The van der Waals surface area contributed by atoms with Gasteiger partial charge >= 0.3 is 5.97 Å². The van der Waals surface area contributed by atoms with E-state index < -0.39 is 11.5 Å². The Bertz CT molecular complexity index is 1810. The quantitative estimate of drug-likeness (QED) is 0.141. The molecule has 2 aromatic heterocycles. The van der Waals surface area contributed by atoms with E-state index in [2.05, 4.69) is 26.0 Å². The Morgan fingerprint density at radius 3 is 2.72 bits per heavy atom. The lowest BCUT2D eigenvalue weighted by atomic mass is 10.2. The first-order chi connectivity index (χ1) is 18.7. The summed E-state index contributed by atoms with van der Waals surface area (Å²) in [6, 6.07) is 17.1. The van der Waals surface area contributed by atoms with E-state index in [9.17, 15) is 9.59 Å². The first kappa shape index (κ1) is 26.9. The highest BCUT2D eigenvalue weighted by Gasteiger charge is 2.18. The second-order valence-electron chi connectivity index (χ2n) is 8.74. The van der Waals surface area contributed by atoms with Crippen molar-refractivity contribution in [3.05, 3.63) is 91.1 Å². The van der Waals surface area contributed by atoms with E-state index in [1.165, 1.54) is 6.21 Å². The zero-order valence-electron chi connectivity index (χ0n) is 20.7. The van der Waals surface area contributed by atoms with Gasteiger partial charge in [-0.05, 0) is 78.3 Å². The number of carbonyl (C=O) groups is 1. The van der Waals surface area contributed by atoms with E-state index in [1.54, 1.807) is 74.5 Å². The zero-order valence-corrected chi connectivity index (χ0v) is 23.7. The van der Waals surface area contributed by atoms with Crippen molar-refractivity contribution >= 4 is 73.2 Å². The normalized spacial score (nSPS) is 11.6. The minimum atomic E-state index is -0.531. The lowest BCUT2D eigenvalue weighted by Gasteiger charge is -2.13. The SMILES string of the molecule is CC(C)OC(=O)COc1c(Br)cc(Cl)cc1C=Nn1c(-c2cc3cc(Cl)ccc3o2)nc2ccccc2c1=O. The number of esters is 1. The number of fused-ring (bicyclic) bond motifs is 2. The maximum absolute atomic E-state index is 13.6. The van der Waals surface area contributed by atoms with Gasteiger partial charge in [-0.25, -0.2) is 9.78 Å². The van der Waals surface area contributed by atoms with E-state index in [1.807, 2.05) is 0 Å². The first-order valence-electron chi connectivity index (χ1n) is 11.8. The molecule has 5 rings (SSSR count). The summed E-state index contributed by atoms with van der Waals surface area (Å²) in [4.78, 5) is 30.3. The number of rotatable bonds is 7. The van der Waals surface area contributed by atoms with Crippen LogP contribution in [0.3, 0.4) is 0 Å². The van der Waals surface area contributed by atoms with E-state index in [0.717, 1.165) is 10.1 Å². The second-order valence-corrected chi connectivity index (χ2v) is 10.5. The summed E-state index contributed by atoms with van der Waals surface area (Å²) in [6.07, 6.45) is 1.12. The number of aromatic nitrogens is 2. The molecule has 0 N–H and O–H groups in total. The van der Waals surface area contributed by atoms with Crippen molar-refractivity contribution in [2.75, 3.05) is 6.61 Å². The van der Waals surface area contributed by atoms with Crippen LogP contribution in [0.2, 0.25) is 10.0 Å². The molecule has 0 radical (unpaired) electrons. The molecule has 0 unspecified atom stereocenters. The highest BCUT2D eigenvalue weighted by Crippen LogP contribution is 2.33. The lowest BCUT2D eigenvalue weighted by molar-refractivity contribution is -0.149. The van der Waals surface area contributed by atoms with Gasteiger partial charge in [0.05, 0.1) is 27.7 Å². The number of hydrogen-bond donors (Lipinski definition) is 0. The molecular formula is C28H20BrCl2N3O5. The molecule has 0 bridgehead atoms. The van der Waals surface area contributed by atoms with Crippen LogP contribution in [-0.4, -0.2) is 34.6 Å². The van der Waals surface area contributed by atoms with Gasteiger partial charge in [-0.1, -0.05) is 35.3 Å². The van der Waals surface area contributed by atoms with Crippen LogP contribution < -0.4 is 10.3 Å². The van der Waals surface area contributed by atoms with Gasteiger partial charge in [-0.15, -0.1) is 0 Å². The molecule has 0 aliphatic rings. The van der Waals surface area contributed by atoms with Gasteiger partial charge in [0.25, 0.3) is 5.56 Å². The molecular weight excluding hydrogens is 609 g/mol. The van der Waals surface area contributed by atoms with Crippen LogP contribution >= 0.6 is 39.1 Å². The van der Waals surface area contributed by atoms with E-state index >= 15 is 0 Å². The number of para-hydroxylation sites is 1. The van der Waals surface area contributed by atoms with Crippen molar-refractivity contribution in [3.8, 4) is 17.3 Å². The summed E-state index contributed by atoms with van der Waals surface area (Å²) < 4.78 is 18.5. The van der Waals surface area contributed by atoms with Gasteiger partial charge in [0.2, 0.25) is 5.82 Å². The van der Waals surface area contributed by atoms with Gasteiger partial charge in [-0.2, -0.15) is 9.78 Å². The molecule has 0 saturated heterocycles. The second kappa shape index (κ2) is 11.2. The number of halogens is 3. The van der Waals surface area contributed by atoms with E-state index in [-0.39, 0.29) is 18.5 Å². The third-order valence-electron chi connectivity index (χ3n) is 5.50. The van der Waals surface area contributed by atoms with Gasteiger partial charge in [-0.3, -0.25) is 4.79 Å². The van der Waals surface area contributed by atoms with Crippen LogP contribution in [0.5, 0.6) is 5.75 Å². The molecule has 0 aliphatic carbocycles. The number of ether oxygens (including phenoxy) is 2. The third kappa shape index (κ3) is 5.85. The Morgan fingerprint density at radius 1 is 1.13 bits per heavy atom. The van der Waals surface area contributed by atoms with Gasteiger partial charge in [0.1, 0.15) is 11.3 Å². The van der Waals surface area contributed by atoms with Crippen molar-refractivity contribution in [3.63, 3.8) is 0 Å². The van der Waals surface area contributed by atoms with Crippen molar-refractivity contribution in [2.24, 2.45) is 5.10 Å². The summed E-state index contributed by atoms with van der Waals surface area (Å²) in [5, 5.41) is 6.52. The highest BCUT2D eigenvalue weighted by atomic mass is 79.9. The summed E-state index contributed by atoms with van der Waals surface area (Å²) in [5.41, 5.74) is 1.07. The first-order valence-corrected chi connectivity index (χ1v) is 13.3. The van der Waals surface area contributed by atoms with Gasteiger partial charge < -0.3 is 13.9 Å². The number of nitrogens with zero attached hydrogens (tertiary/aromatic N) is 3. The summed E-state index contributed by atoms with van der Waals surface area (Å²) in [6.45, 7) is 3.17. The molecule has 0 spiro atoms. The maximum Gasteiger partial charge on any atom is 0.344 e. The predicted octanol–water partition coefficient (Wildman–Crippen LogP) is 7.09. The number of carbonyl (C=O) groups excluding carboxylic acids is 1. The molecule has 0 atom stereocenters. The van der Waals surface area contributed by atoms with Gasteiger partial charge in [0.15, 0.2) is 12.4 Å². The van der Waals surface area contributed by atoms with Crippen molar-refractivity contribution < 1.29 is 18.7 Å². The molecule has 2 heterocycles. The Morgan fingerprint density at radius 2 is 1.92 bits per heavy atom. The van der Waals surface area contributed by atoms with Crippen LogP contribution in [0, 0.1) is 0 Å². The monoisotopic (exact) mass is 627 g/mol. The number of hydrogen-bond acceptors (Lipinski definition) is 7. The minimum absolute atomic E-state index is 0.186. The Kier molecular flexibility index (Phi) is 7.74. The largest absolute Gasteiger partial charge is 0.480 e. The highest BCUT2D eigenvalue weighted by molar-refractivity contribution is 9.10. The summed E-state index contributed by atoms with van der Waals surface area (Å²) >= 11 is 15.8. The fourth-order valence-electron chi connectivity index (χ4n) is 3.89. The summed E-state index contributed by atoms with van der Waals surface area (Å²) in [5.74, 6) is 0.279. The molecule has 0 fully saturated rings. The Hall–Kier alpha value is -3.66. The van der Waals surface area contributed by atoms with Crippen LogP contribution in [0.15, 0.2) is 79.4 Å². The van der Waals surface area contributed by atoms with Crippen molar-refractivity contribution in [1.29, 1.82) is 0 Å². The molecule has 8 nitrogen and oxygen atoms in total. The fourth-order valence-corrected chi connectivity index (χ4v) is 5.02. The standard InChI is InChI=1S/C28H20BrCl2N3O5/c1-15(2)38-25(35)14-37-26-17(10-19(31)12-21(26)29)13-32-34-27(33-22-6-4-3-5-20(22)28(34)36)24-11-16-9-18(30)7-8-23(16)39-24/h3-13,15H,14H2,1-2H3. The van der Waals surface area contributed by atoms with E-state index in [4.69, 9.17) is 37.1 Å².